The number of benzene rings is 2. The highest BCUT2D eigenvalue weighted by molar-refractivity contribution is 6.04. The number of aryl methyl sites for hydroxylation is 1. The molecule has 2 heteroatoms. The molecule has 0 aliphatic rings. The number of carbonyl (C=O) groups is 1. The van der Waals surface area contributed by atoms with Gasteiger partial charge in [-0.1, -0.05) is 62.4 Å². The van der Waals surface area contributed by atoms with Gasteiger partial charge < -0.3 is 4.74 Å². The van der Waals surface area contributed by atoms with Crippen LogP contribution in [0, 0.1) is 0 Å². The summed E-state index contributed by atoms with van der Waals surface area (Å²) < 4.78 is 5.60. The maximum Gasteiger partial charge on any atom is 0.178 e. The lowest BCUT2D eigenvalue weighted by Gasteiger charge is -2.04. The van der Waals surface area contributed by atoms with Crippen molar-refractivity contribution in [2.24, 2.45) is 0 Å². The average molecular weight is 320 g/mol. The van der Waals surface area contributed by atoms with Gasteiger partial charge in [0, 0.05) is 0 Å². The van der Waals surface area contributed by atoms with Crippen LogP contribution in [0.1, 0.15) is 37.0 Å². The van der Waals surface area contributed by atoms with Crippen molar-refractivity contribution in [1.82, 2.24) is 0 Å². The summed E-state index contributed by atoms with van der Waals surface area (Å²) in [5.74, 6) is 0.801. The van der Waals surface area contributed by atoms with Crippen LogP contribution >= 0.6 is 0 Å². The van der Waals surface area contributed by atoms with Crippen LogP contribution in [0.4, 0.5) is 0 Å². The van der Waals surface area contributed by atoms with E-state index in [4.69, 9.17) is 4.74 Å². The number of hydrogen-bond donors (Lipinski definition) is 0. The number of hydrogen-bond acceptors (Lipinski definition) is 2. The van der Waals surface area contributed by atoms with Gasteiger partial charge in [0.1, 0.15) is 5.75 Å². The fourth-order valence-corrected chi connectivity index (χ4v) is 2.26. The Morgan fingerprint density at radius 1 is 0.958 bits per heavy atom. The largest absolute Gasteiger partial charge is 0.494 e. The molecule has 0 amide bonds. The Kier molecular flexibility index (Phi) is 7.03. The number of ketones is 1. The minimum Gasteiger partial charge on any atom is -0.494 e. The third-order valence-electron chi connectivity index (χ3n) is 3.57. The van der Waals surface area contributed by atoms with Gasteiger partial charge in [-0.25, -0.2) is 0 Å². The lowest BCUT2D eigenvalue weighted by molar-refractivity contribution is -0.110. The first-order valence-electron chi connectivity index (χ1n) is 8.43. The summed E-state index contributed by atoms with van der Waals surface area (Å²) in [6.45, 7) is 4.89. The molecular weight excluding hydrogens is 296 g/mol. The molecular formula is C22H24O2. The monoisotopic (exact) mass is 320 g/mol. The molecule has 0 fully saturated rings. The van der Waals surface area contributed by atoms with Crippen LogP contribution in [0.15, 0.2) is 60.7 Å². The van der Waals surface area contributed by atoms with Gasteiger partial charge in [-0.05, 0) is 53.8 Å². The number of carbonyl (C=O) groups excluding carboxylic acids is 1. The van der Waals surface area contributed by atoms with Crippen molar-refractivity contribution in [2.45, 2.75) is 26.7 Å². The van der Waals surface area contributed by atoms with Gasteiger partial charge in [-0.15, -0.1) is 0 Å². The Hall–Kier alpha value is -2.61. The molecule has 2 nitrogen and oxygen atoms in total. The summed E-state index contributed by atoms with van der Waals surface area (Å²) in [4.78, 5) is 12.0. The van der Waals surface area contributed by atoms with E-state index in [1.165, 1.54) is 5.56 Å². The predicted molar refractivity (Wildman–Crippen MR) is 101 cm³/mol. The van der Waals surface area contributed by atoms with E-state index in [2.05, 4.69) is 26.0 Å². The molecule has 0 saturated heterocycles. The number of ether oxygens (including phenoxy) is 1. The Morgan fingerprint density at radius 2 is 1.62 bits per heavy atom. The van der Waals surface area contributed by atoms with E-state index in [0.29, 0.717) is 6.61 Å². The van der Waals surface area contributed by atoms with E-state index in [-0.39, 0.29) is 5.78 Å². The highest BCUT2D eigenvalue weighted by Gasteiger charge is 1.96. The predicted octanol–water partition coefficient (Wildman–Crippen LogP) is 5.33. The van der Waals surface area contributed by atoms with E-state index < -0.39 is 0 Å². The highest BCUT2D eigenvalue weighted by atomic mass is 16.5. The fraction of sp³-hybridized carbons (Fsp3) is 0.227. The van der Waals surface area contributed by atoms with Crippen LogP contribution in [-0.2, 0) is 11.2 Å². The summed E-state index contributed by atoms with van der Waals surface area (Å²) in [6, 6.07) is 16.0. The quantitative estimate of drug-likeness (QED) is 0.614. The van der Waals surface area contributed by atoms with Crippen LogP contribution in [0.5, 0.6) is 5.75 Å². The van der Waals surface area contributed by atoms with E-state index in [0.717, 1.165) is 29.7 Å². The van der Waals surface area contributed by atoms with Crippen molar-refractivity contribution >= 4 is 17.9 Å². The Morgan fingerprint density at radius 3 is 2.29 bits per heavy atom. The van der Waals surface area contributed by atoms with Crippen molar-refractivity contribution in [3.63, 3.8) is 0 Å². The van der Waals surface area contributed by atoms with Gasteiger partial charge in [0.25, 0.3) is 0 Å². The van der Waals surface area contributed by atoms with Crippen LogP contribution < -0.4 is 4.74 Å². The Labute approximate surface area is 144 Å². The normalized spacial score (nSPS) is 11.2. The lowest BCUT2D eigenvalue weighted by atomic mass is 10.1. The summed E-state index contributed by atoms with van der Waals surface area (Å²) in [5.41, 5.74) is 3.27. The summed E-state index contributed by atoms with van der Waals surface area (Å²) in [5, 5.41) is 0. The number of allylic oxidation sites excluding steroid dienone is 2. The summed E-state index contributed by atoms with van der Waals surface area (Å²) >= 11 is 0. The van der Waals surface area contributed by atoms with E-state index in [9.17, 15) is 4.79 Å². The molecule has 2 rings (SSSR count). The number of rotatable bonds is 8. The van der Waals surface area contributed by atoms with Gasteiger partial charge in [0.05, 0.1) is 6.61 Å². The van der Waals surface area contributed by atoms with Gasteiger partial charge in [0.15, 0.2) is 5.78 Å². The summed E-state index contributed by atoms with van der Waals surface area (Å²) in [7, 11) is 0. The lowest BCUT2D eigenvalue weighted by Crippen LogP contribution is -1.94. The van der Waals surface area contributed by atoms with E-state index in [1.54, 1.807) is 12.2 Å². The molecule has 24 heavy (non-hydrogen) atoms. The summed E-state index contributed by atoms with van der Waals surface area (Å²) in [6.07, 6.45) is 8.82. The molecule has 0 radical (unpaired) electrons. The average Bonchev–Trinajstić information content (AvgIpc) is 2.63. The molecule has 0 N–H and O–H groups in total. The molecule has 0 bridgehead atoms. The fourth-order valence-electron chi connectivity index (χ4n) is 2.26. The highest BCUT2D eigenvalue weighted by Crippen LogP contribution is 2.15. The van der Waals surface area contributed by atoms with E-state index in [1.807, 2.05) is 48.6 Å². The molecule has 0 aliphatic carbocycles. The minimum absolute atomic E-state index is 0.0308. The SMILES string of the molecule is CCCOc1cccc(/C=C/C(=O)/C=C/c2cccc(CC)c2)c1. The minimum atomic E-state index is -0.0308. The second-order valence-corrected chi connectivity index (χ2v) is 5.59. The van der Waals surface area contributed by atoms with Gasteiger partial charge >= 0.3 is 0 Å². The molecule has 0 aromatic heterocycles. The molecule has 0 aliphatic heterocycles. The van der Waals surface area contributed by atoms with Gasteiger partial charge in [-0.3, -0.25) is 4.79 Å². The van der Waals surface area contributed by atoms with Crippen LogP contribution in [0.25, 0.3) is 12.2 Å². The van der Waals surface area contributed by atoms with Gasteiger partial charge in [-0.2, -0.15) is 0 Å². The Bertz CT molecular complexity index is 726. The van der Waals surface area contributed by atoms with Crippen molar-refractivity contribution in [3.05, 3.63) is 77.4 Å². The van der Waals surface area contributed by atoms with Crippen molar-refractivity contribution in [1.29, 1.82) is 0 Å². The first kappa shape index (κ1) is 17.7. The first-order valence-corrected chi connectivity index (χ1v) is 8.43. The van der Waals surface area contributed by atoms with Crippen LogP contribution in [0.2, 0.25) is 0 Å². The zero-order valence-corrected chi connectivity index (χ0v) is 14.4. The van der Waals surface area contributed by atoms with Crippen LogP contribution in [-0.4, -0.2) is 12.4 Å². The van der Waals surface area contributed by atoms with Crippen molar-refractivity contribution in [3.8, 4) is 5.75 Å². The second kappa shape index (κ2) is 9.51. The standard InChI is InChI=1S/C22H24O2/c1-3-15-24-22-10-6-9-20(17-22)12-14-21(23)13-11-19-8-5-7-18(4-2)16-19/h5-14,16-17H,3-4,15H2,1-2H3/b13-11+,14-12+. The topological polar surface area (TPSA) is 26.3 Å². The maximum atomic E-state index is 12.0. The Balaban J connectivity index is 1.98. The molecule has 124 valence electrons. The third kappa shape index (κ3) is 5.88. The zero-order chi connectivity index (χ0) is 17.2. The van der Waals surface area contributed by atoms with Crippen LogP contribution in [0.3, 0.4) is 0 Å². The molecule has 0 heterocycles. The smallest absolute Gasteiger partial charge is 0.178 e. The van der Waals surface area contributed by atoms with Crippen molar-refractivity contribution < 1.29 is 9.53 Å². The molecule has 2 aromatic rings. The maximum absolute atomic E-state index is 12.0. The van der Waals surface area contributed by atoms with Crippen molar-refractivity contribution in [2.75, 3.05) is 6.61 Å². The molecule has 0 atom stereocenters. The first-order chi connectivity index (χ1) is 11.7. The molecule has 0 saturated carbocycles. The molecule has 0 unspecified atom stereocenters. The van der Waals surface area contributed by atoms with E-state index >= 15 is 0 Å². The molecule has 2 aromatic carbocycles. The molecule has 0 spiro atoms. The van der Waals surface area contributed by atoms with Gasteiger partial charge in [0.2, 0.25) is 0 Å². The third-order valence-corrected chi connectivity index (χ3v) is 3.57. The second-order valence-electron chi connectivity index (χ2n) is 5.59. The zero-order valence-electron chi connectivity index (χ0n) is 14.4.